The Balaban J connectivity index is 1.08. The van der Waals surface area contributed by atoms with Gasteiger partial charge in [0.2, 0.25) is 0 Å². The highest BCUT2D eigenvalue weighted by molar-refractivity contribution is 7.25. The summed E-state index contributed by atoms with van der Waals surface area (Å²) in [6, 6.07) is 80.9. The van der Waals surface area contributed by atoms with E-state index in [1.165, 1.54) is 53.1 Å². The van der Waals surface area contributed by atoms with Crippen LogP contribution in [0.15, 0.2) is 224 Å². The summed E-state index contributed by atoms with van der Waals surface area (Å²) in [5, 5.41) is 5.09. The van der Waals surface area contributed by atoms with Gasteiger partial charge in [0.25, 0.3) is 0 Å². The number of thiophene rings is 1. The van der Waals surface area contributed by atoms with Gasteiger partial charge < -0.3 is 14.4 Å². The number of hydrogen-bond donors (Lipinski definition) is 0. The lowest BCUT2D eigenvalue weighted by atomic mass is 10.0. The zero-order chi connectivity index (χ0) is 38.4. The normalized spacial score (nSPS) is 11.4. The maximum atomic E-state index is 2.44. The average Bonchev–Trinajstić information content (AvgIpc) is 3.82. The molecule has 0 fully saturated rings. The van der Waals surface area contributed by atoms with Crippen molar-refractivity contribution in [2.75, 3.05) is 9.80 Å². The van der Waals surface area contributed by atoms with E-state index in [2.05, 4.69) is 239 Å². The topological polar surface area (TPSA) is 11.4 Å². The summed E-state index contributed by atoms with van der Waals surface area (Å²) in [4.78, 5) is 4.64. The van der Waals surface area contributed by atoms with Gasteiger partial charge in [0.05, 0.1) is 11.0 Å². The van der Waals surface area contributed by atoms with Crippen molar-refractivity contribution in [3.05, 3.63) is 224 Å². The molecular formula is C54H37N3S. The molecular weight excluding hydrogens is 723 g/mol. The average molecular weight is 760 g/mol. The third-order valence-corrected chi connectivity index (χ3v) is 12.3. The third-order valence-electron chi connectivity index (χ3n) is 11.1. The molecule has 0 aliphatic heterocycles. The summed E-state index contributed by atoms with van der Waals surface area (Å²) in [5.41, 5.74) is 12.6. The number of nitrogens with zero attached hydrogens (tertiary/aromatic N) is 3. The zero-order valence-corrected chi connectivity index (χ0v) is 32.4. The second-order valence-corrected chi connectivity index (χ2v) is 15.7. The molecule has 11 aromatic rings. The molecule has 0 unspecified atom stereocenters. The molecule has 0 spiro atoms. The number of fused-ring (bicyclic) bond motifs is 6. The first-order valence-corrected chi connectivity index (χ1v) is 20.5. The largest absolute Gasteiger partial charge is 0.311 e. The van der Waals surface area contributed by atoms with E-state index in [1.807, 2.05) is 11.3 Å². The first-order chi connectivity index (χ1) is 28.8. The monoisotopic (exact) mass is 759 g/mol. The highest BCUT2D eigenvalue weighted by Crippen LogP contribution is 2.43. The van der Waals surface area contributed by atoms with Crippen LogP contribution in [0.1, 0.15) is 0 Å². The standard InChI is InChI=1S/C54H37N3S/c1-5-17-40(18-6-1)55(41-19-7-2-8-20-41)44-29-31-45(32-30-44)57-51-33-28-39(35-48(51)49-36-50-47-26-13-14-27-53(47)58-54(50)37-52(49)57)38-16-15-25-46(34-38)56(42-21-9-3-10-22-42)43-23-11-4-12-24-43/h1-37H. The molecule has 0 bridgehead atoms. The van der Waals surface area contributed by atoms with Crippen molar-refractivity contribution >= 4 is 87.4 Å². The van der Waals surface area contributed by atoms with Crippen LogP contribution in [-0.2, 0) is 0 Å². The fourth-order valence-corrected chi connectivity index (χ4v) is 9.59. The Morgan fingerprint density at radius 1 is 0.293 bits per heavy atom. The summed E-state index contributed by atoms with van der Waals surface area (Å²) in [5.74, 6) is 0. The van der Waals surface area contributed by atoms with E-state index in [0.29, 0.717) is 0 Å². The highest BCUT2D eigenvalue weighted by atomic mass is 32.1. The lowest BCUT2D eigenvalue weighted by molar-refractivity contribution is 1.17. The van der Waals surface area contributed by atoms with Crippen LogP contribution in [0, 0.1) is 0 Å². The van der Waals surface area contributed by atoms with Gasteiger partial charge in [-0.25, -0.2) is 0 Å². The predicted octanol–water partition coefficient (Wildman–Crippen LogP) is 15.8. The van der Waals surface area contributed by atoms with Crippen LogP contribution in [0.2, 0.25) is 0 Å². The second kappa shape index (κ2) is 14.3. The number of aromatic nitrogens is 1. The Morgan fingerprint density at radius 2 is 0.793 bits per heavy atom. The highest BCUT2D eigenvalue weighted by Gasteiger charge is 2.19. The summed E-state index contributed by atoms with van der Waals surface area (Å²) >= 11 is 1.87. The molecule has 0 aliphatic rings. The molecule has 274 valence electrons. The summed E-state index contributed by atoms with van der Waals surface area (Å²) in [6.07, 6.45) is 0. The minimum Gasteiger partial charge on any atom is -0.311 e. The van der Waals surface area contributed by atoms with Crippen molar-refractivity contribution in [3.8, 4) is 16.8 Å². The third kappa shape index (κ3) is 5.90. The van der Waals surface area contributed by atoms with E-state index < -0.39 is 0 Å². The van der Waals surface area contributed by atoms with Gasteiger partial charge in [-0.15, -0.1) is 11.3 Å². The van der Waals surface area contributed by atoms with Crippen LogP contribution in [0.5, 0.6) is 0 Å². The van der Waals surface area contributed by atoms with Crippen molar-refractivity contribution in [1.29, 1.82) is 0 Å². The number of anilines is 6. The van der Waals surface area contributed by atoms with Gasteiger partial charge in [-0.3, -0.25) is 0 Å². The molecule has 0 saturated heterocycles. The molecule has 58 heavy (non-hydrogen) atoms. The SMILES string of the molecule is c1ccc(N(c2ccccc2)c2ccc(-n3c4ccc(-c5cccc(N(c6ccccc6)c6ccccc6)c5)cc4c4cc5c(cc43)sc3ccccc35)cc2)cc1. The van der Waals surface area contributed by atoms with E-state index >= 15 is 0 Å². The molecule has 4 heteroatoms. The van der Waals surface area contributed by atoms with Crippen molar-refractivity contribution < 1.29 is 0 Å². The first-order valence-electron chi connectivity index (χ1n) is 19.7. The quantitative estimate of drug-likeness (QED) is 0.153. The molecule has 9 aromatic carbocycles. The number of hydrogen-bond acceptors (Lipinski definition) is 3. The number of rotatable bonds is 8. The van der Waals surface area contributed by atoms with Gasteiger partial charge >= 0.3 is 0 Å². The molecule has 0 radical (unpaired) electrons. The fraction of sp³-hybridized carbons (Fsp3) is 0. The predicted molar refractivity (Wildman–Crippen MR) is 248 cm³/mol. The Morgan fingerprint density at radius 3 is 1.41 bits per heavy atom. The van der Waals surface area contributed by atoms with Crippen LogP contribution in [0.3, 0.4) is 0 Å². The van der Waals surface area contributed by atoms with Crippen molar-refractivity contribution in [2.24, 2.45) is 0 Å². The lowest BCUT2D eigenvalue weighted by Gasteiger charge is -2.26. The number of para-hydroxylation sites is 4. The van der Waals surface area contributed by atoms with Crippen LogP contribution < -0.4 is 9.80 Å². The Labute approximate surface area is 341 Å². The second-order valence-electron chi connectivity index (χ2n) is 14.6. The fourth-order valence-electron chi connectivity index (χ4n) is 8.47. The number of benzene rings is 9. The van der Waals surface area contributed by atoms with Crippen molar-refractivity contribution in [1.82, 2.24) is 4.57 Å². The molecule has 2 heterocycles. The minimum absolute atomic E-state index is 1.11. The molecule has 0 saturated carbocycles. The molecule has 0 aliphatic carbocycles. The van der Waals surface area contributed by atoms with Crippen molar-refractivity contribution in [3.63, 3.8) is 0 Å². The molecule has 2 aromatic heterocycles. The molecule has 0 atom stereocenters. The molecule has 0 N–H and O–H groups in total. The van der Waals surface area contributed by atoms with E-state index in [-0.39, 0.29) is 0 Å². The molecule has 11 rings (SSSR count). The van der Waals surface area contributed by atoms with E-state index in [4.69, 9.17) is 0 Å². The smallest absolute Gasteiger partial charge is 0.0555 e. The molecule has 3 nitrogen and oxygen atoms in total. The summed E-state index contributed by atoms with van der Waals surface area (Å²) < 4.78 is 5.05. The van der Waals surface area contributed by atoms with Crippen LogP contribution in [-0.4, -0.2) is 4.57 Å². The lowest BCUT2D eigenvalue weighted by Crippen LogP contribution is -2.09. The Kier molecular flexibility index (Phi) is 8.34. The first kappa shape index (κ1) is 33.9. The van der Waals surface area contributed by atoms with Gasteiger partial charge in [0.1, 0.15) is 0 Å². The van der Waals surface area contributed by atoms with Gasteiger partial charge in [-0.2, -0.15) is 0 Å². The Bertz CT molecular complexity index is 3130. The Hall–Kier alpha value is -7.40. The zero-order valence-electron chi connectivity index (χ0n) is 31.6. The van der Waals surface area contributed by atoms with Crippen LogP contribution >= 0.6 is 11.3 Å². The minimum atomic E-state index is 1.11. The van der Waals surface area contributed by atoms with E-state index in [9.17, 15) is 0 Å². The van der Waals surface area contributed by atoms with Gasteiger partial charge in [0, 0.05) is 70.8 Å². The maximum Gasteiger partial charge on any atom is 0.0555 e. The molecule has 0 amide bonds. The van der Waals surface area contributed by atoms with Crippen molar-refractivity contribution in [2.45, 2.75) is 0 Å². The van der Waals surface area contributed by atoms with Gasteiger partial charge in [-0.1, -0.05) is 109 Å². The summed E-state index contributed by atoms with van der Waals surface area (Å²) in [6.45, 7) is 0. The van der Waals surface area contributed by atoms with E-state index in [0.717, 1.165) is 39.8 Å². The van der Waals surface area contributed by atoms with Gasteiger partial charge in [-0.05, 0) is 126 Å². The van der Waals surface area contributed by atoms with E-state index in [1.54, 1.807) is 0 Å². The van der Waals surface area contributed by atoms with Crippen LogP contribution in [0.25, 0.3) is 58.8 Å². The maximum absolute atomic E-state index is 2.44. The van der Waals surface area contributed by atoms with Crippen LogP contribution in [0.4, 0.5) is 34.1 Å². The summed E-state index contributed by atoms with van der Waals surface area (Å²) in [7, 11) is 0. The van der Waals surface area contributed by atoms with Gasteiger partial charge in [0.15, 0.2) is 0 Å².